The van der Waals surface area contributed by atoms with E-state index in [9.17, 15) is 13.2 Å². The number of rotatable bonds is 7. The van der Waals surface area contributed by atoms with Crippen LogP contribution in [0.3, 0.4) is 0 Å². The lowest BCUT2D eigenvalue weighted by Gasteiger charge is -2.35. The monoisotopic (exact) mass is 475 g/mol. The molecule has 1 aromatic carbocycles. The molecule has 2 N–H and O–H groups in total. The van der Waals surface area contributed by atoms with Gasteiger partial charge < -0.3 is 20.3 Å². The van der Waals surface area contributed by atoms with E-state index in [1.807, 2.05) is 19.1 Å². The van der Waals surface area contributed by atoms with Gasteiger partial charge in [-0.2, -0.15) is 0 Å². The Hall–Kier alpha value is -2.72. The quantitative estimate of drug-likeness (QED) is 0.632. The lowest BCUT2D eigenvalue weighted by atomic mass is 10.1. The van der Waals surface area contributed by atoms with Crippen molar-refractivity contribution in [1.82, 2.24) is 15.3 Å². The molecular formula is C23H33N5O4S. The Morgan fingerprint density at radius 2 is 1.91 bits per heavy atom. The number of anilines is 2. The van der Waals surface area contributed by atoms with Crippen molar-refractivity contribution in [2.75, 3.05) is 42.3 Å². The minimum atomic E-state index is -3.42. The molecule has 1 saturated heterocycles. The number of nitrogens with zero attached hydrogens (tertiary/aromatic N) is 3. The van der Waals surface area contributed by atoms with Crippen molar-refractivity contribution in [2.45, 2.75) is 45.4 Å². The maximum atomic E-state index is 12.9. The van der Waals surface area contributed by atoms with E-state index in [4.69, 9.17) is 9.72 Å². The maximum Gasteiger partial charge on any atom is 0.319 e. The van der Waals surface area contributed by atoms with Gasteiger partial charge in [-0.1, -0.05) is 6.92 Å². The lowest BCUT2D eigenvalue weighted by molar-refractivity contribution is 0.0985. The summed E-state index contributed by atoms with van der Waals surface area (Å²) < 4.78 is 30.1. The molecule has 1 aliphatic heterocycles. The number of aromatic nitrogens is 2. The van der Waals surface area contributed by atoms with Crippen molar-refractivity contribution >= 4 is 27.4 Å². The summed E-state index contributed by atoms with van der Waals surface area (Å²) in [5.74, 6) is 1.13. The first-order valence-corrected chi connectivity index (χ1v) is 12.9. The van der Waals surface area contributed by atoms with E-state index in [0.717, 1.165) is 5.56 Å². The van der Waals surface area contributed by atoms with Gasteiger partial charge in [0.15, 0.2) is 15.7 Å². The van der Waals surface area contributed by atoms with Crippen LogP contribution in [0.1, 0.15) is 40.3 Å². The van der Waals surface area contributed by atoms with Gasteiger partial charge in [0, 0.05) is 36.2 Å². The Labute approximate surface area is 195 Å². The first-order chi connectivity index (χ1) is 15.6. The van der Waals surface area contributed by atoms with E-state index in [2.05, 4.69) is 27.4 Å². The number of carbonyl (C=O) groups is 1. The standard InChI is InChI=1S/C23H33N5O4S/c1-6-24-22(29)25-18-10-8-17(9-11-18)21-26-19(23(4,5)33(30,31)7-2)14-20(27-21)28-12-13-32-15-16(28)3/h8-11,14,16H,6-7,12-13,15H2,1-5H3,(H2,24,25,29)/t16-/m0/s1. The molecule has 1 aromatic heterocycles. The van der Waals surface area contributed by atoms with Crippen molar-refractivity contribution in [3.05, 3.63) is 36.0 Å². The third-order valence-electron chi connectivity index (χ3n) is 5.89. The molecule has 0 bridgehead atoms. The molecule has 2 heterocycles. The van der Waals surface area contributed by atoms with Gasteiger partial charge in [0.2, 0.25) is 0 Å². The first kappa shape index (κ1) is 24.9. The van der Waals surface area contributed by atoms with Crippen LogP contribution in [-0.4, -0.2) is 62.5 Å². The molecule has 9 nitrogen and oxygen atoms in total. The Bertz CT molecular complexity index is 1090. The fraction of sp³-hybridized carbons (Fsp3) is 0.522. The minimum Gasteiger partial charge on any atom is -0.377 e. The normalized spacial score (nSPS) is 17.0. The third kappa shape index (κ3) is 5.44. The largest absolute Gasteiger partial charge is 0.377 e. The summed E-state index contributed by atoms with van der Waals surface area (Å²) in [5, 5.41) is 5.45. The molecule has 10 heteroatoms. The highest BCUT2D eigenvalue weighted by molar-refractivity contribution is 7.92. The van der Waals surface area contributed by atoms with Gasteiger partial charge >= 0.3 is 6.03 Å². The van der Waals surface area contributed by atoms with Crippen LogP contribution >= 0.6 is 0 Å². The molecule has 2 aromatic rings. The molecule has 3 rings (SSSR count). The molecule has 1 fully saturated rings. The van der Waals surface area contributed by atoms with Crippen molar-refractivity contribution in [2.24, 2.45) is 0 Å². The van der Waals surface area contributed by atoms with E-state index >= 15 is 0 Å². The molecule has 1 aliphatic rings. The summed E-state index contributed by atoms with van der Waals surface area (Å²) in [6.07, 6.45) is 0. The predicted molar refractivity (Wildman–Crippen MR) is 130 cm³/mol. The van der Waals surface area contributed by atoms with Crippen LogP contribution in [0.15, 0.2) is 30.3 Å². The zero-order valence-corrected chi connectivity index (χ0v) is 20.7. The second kappa shape index (κ2) is 10.0. The van der Waals surface area contributed by atoms with Crippen LogP contribution in [0.2, 0.25) is 0 Å². The number of urea groups is 1. The summed E-state index contributed by atoms with van der Waals surface area (Å²) in [6, 6.07) is 8.77. The topological polar surface area (TPSA) is 114 Å². The SMILES string of the molecule is CCNC(=O)Nc1ccc(-c2nc(N3CCOC[C@@H]3C)cc(C(C)(C)S(=O)(=O)CC)n2)cc1. The molecule has 0 unspecified atom stereocenters. The fourth-order valence-electron chi connectivity index (χ4n) is 3.65. The summed E-state index contributed by atoms with van der Waals surface area (Å²) in [6.45, 7) is 11.3. The highest BCUT2D eigenvalue weighted by atomic mass is 32.2. The lowest BCUT2D eigenvalue weighted by Crippen LogP contribution is -2.44. The number of nitrogens with one attached hydrogen (secondary N) is 2. The van der Waals surface area contributed by atoms with Crippen LogP contribution in [0.4, 0.5) is 16.3 Å². The van der Waals surface area contributed by atoms with Crippen LogP contribution in [0, 0.1) is 0 Å². The Kier molecular flexibility index (Phi) is 7.58. The Morgan fingerprint density at radius 1 is 1.21 bits per heavy atom. The summed E-state index contributed by atoms with van der Waals surface area (Å²) >= 11 is 0. The highest BCUT2D eigenvalue weighted by Gasteiger charge is 2.37. The molecule has 180 valence electrons. The number of hydrogen-bond acceptors (Lipinski definition) is 7. The van der Waals surface area contributed by atoms with Gasteiger partial charge in [-0.15, -0.1) is 0 Å². The first-order valence-electron chi connectivity index (χ1n) is 11.2. The number of benzene rings is 1. The van der Waals surface area contributed by atoms with E-state index < -0.39 is 14.6 Å². The number of ether oxygens (including phenoxy) is 1. The van der Waals surface area contributed by atoms with Crippen LogP contribution in [-0.2, 0) is 19.3 Å². The fourth-order valence-corrected chi connectivity index (χ4v) is 4.79. The van der Waals surface area contributed by atoms with E-state index in [0.29, 0.717) is 49.3 Å². The number of sulfone groups is 1. The molecule has 1 atom stereocenters. The second-order valence-electron chi connectivity index (χ2n) is 8.53. The molecule has 0 spiro atoms. The average Bonchev–Trinajstić information content (AvgIpc) is 2.79. The highest BCUT2D eigenvalue weighted by Crippen LogP contribution is 2.33. The molecule has 0 saturated carbocycles. The van der Waals surface area contributed by atoms with Crippen molar-refractivity contribution in [1.29, 1.82) is 0 Å². The smallest absolute Gasteiger partial charge is 0.319 e. The Morgan fingerprint density at radius 3 is 2.52 bits per heavy atom. The third-order valence-corrected chi connectivity index (χ3v) is 8.41. The number of carbonyl (C=O) groups excluding carboxylic acids is 1. The maximum absolute atomic E-state index is 12.9. The molecular weight excluding hydrogens is 442 g/mol. The average molecular weight is 476 g/mol. The van der Waals surface area contributed by atoms with Crippen molar-refractivity contribution in [3.63, 3.8) is 0 Å². The molecule has 2 amide bonds. The number of morpholine rings is 1. The second-order valence-corrected chi connectivity index (χ2v) is 11.4. The molecule has 0 aliphatic carbocycles. The van der Waals surface area contributed by atoms with Gasteiger partial charge in [0.05, 0.1) is 24.9 Å². The van der Waals surface area contributed by atoms with Crippen LogP contribution < -0.4 is 15.5 Å². The summed E-state index contributed by atoms with van der Waals surface area (Å²) in [7, 11) is -3.42. The van der Waals surface area contributed by atoms with Crippen molar-refractivity contribution < 1.29 is 17.9 Å². The van der Waals surface area contributed by atoms with Gasteiger partial charge in [0.1, 0.15) is 10.6 Å². The zero-order valence-electron chi connectivity index (χ0n) is 19.9. The zero-order chi connectivity index (χ0) is 24.2. The number of hydrogen-bond donors (Lipinski definition) is 2. The predicted octanol–water partition coefficient (Wildman–Crippen LogP) is 3.18. The Balaban J connectivity index is 2.05. The summed E-state index contributed by atoms with van der Waals surface area (Å²) in [5.41, 5.74) is 1.81. The van der Waals surface area contributed by atoms with Crippen LogP contribution in [0.25, 0.3) is 11.4 Å². The van der Waals surface area contributed by atoms with E-state index in [1.165, 1.54) is 0 Å². The molecule has 0 radical (unpaired) electrons. The van der Waals surface area contributed by atoms with Crippen LogP contribution in [0.5, 0.6) is 0 Å². The van der Waals surface area contributed by atoms with Gasteiger partial charge in [-0.3, -0.25) is 0 Å². The van der Waals surface area contributed by atoms with E-state index in [1.54, 1.807) is 39.0 Å². The van der Waals surface area contributed by atoms with Crippen molar-refractivity contribution in [3.8, 4) is 11.4 Å². The van der Waals surface area contributed by atoms with E-state index in [-0.39, 0.29) is 17.8 Å². The van der Waals surface area contributed by atoms with Gasteiger partial charge in [-0.25, -0.2) is 23.2 Å². The molecule has 33 heavy (non-hydrogen) atoms. The van der Waals surface area contributed by atoms with Gasteiger partial charge in [-0.05, 0) is 52.0 Å². The minimum absolute atomic E-state index is 0.0167. The summed E-state index contributed by atoms with van der Waals surface area (Å²) in [4.78, 5) is 23.4. The van der Waals surface area contributed by atoms with Gasteiger partial charge in [0.25, 0.3) is 0 Å². The number of amides is 2.